The van der Waals surface area contributed by atoms with E-state index in [0.29, 0.717) is 31.7 Å². The third kappa shape index (κ3) is 4.27. The van der Waals surface area contributed by atoms with Crippen LogP contribution in [0.1, 0.15) is 34.3 Å². The van der Waals surface area contributed by atoms with E-state index in [-0.39, 0.29) is 23.8 Å². The summed E-state index contributed by atoms with van der Waals surface area (Å²) in [7, 11) is 1.64. The molecule has 2 amide bonds. The Bertz CT molecular complexity index is 935. The maximum atomic E-state index is 13.0. The highest BCUT2D eigenvalue weighted by atomic mass is 16.5. The van der Waals surface area contributed by atoms with Crippen LogP contribution in [0, 0.1) is 12.8 Å². The van der Waals surface area contributed by atoms with E-state index in [1.165, 1.54) is 0 Å². The minimum absolute atomic E-state index is 0.0379. The molecule has 0 spiro atoms. The van der Waals surface area contributed by atoms with E-state index in [2.05, 4.69) is 5.32 Å². The van der Waals surface area contributed by atoms with E-state index >= 15 is 0 Å². The molecule has 1 unspecified atom stereocenters. The van der Waals surface area contributed by atoms with Crippen molar-refractivity contribution >= 4 is 11.8 Å². The van der Waals surface area contributed by atoms with Gasteiger partial charge in [0.2, 0.25) is 5.91 Å². The van der Waals surface area contributed by atoms with Gasteiger partial charge in [-0.15, -0.1) is 0 Å². The summed E-state index contributed by atoms with van der Waals surface area (Å²) in [4.78, 5) is 27.5. The minimum atomic E-state index is -0.178. The molecule has 0 saturated carbocycles. The van der Waals surface area contributed by atoms with E-state index < -0.39 is 0 Å². The van der Waals surface area contributed by atoms with Gasteiger partial charge in [0.05, 0.1) is 13.0 Å². The summed E-state index contributed by atoms with van der Waals surface area (Å²) < 4.78 is 11.1. The van der Waals surface area contributed by atoms with Crippen LogP contribution in [0.4, 0.5) is 0 Å². The third-order valence-corrected chi connectivity index (χ3v) is 6.05. The quantitative estimate of drug-likeness (QED) is 0.845. The first-order valence-electron chi connectivity index (χ1n) is 10.5. The standard InChI is InChI=1S/C24H28N2O4/c1-16-5-3-4-6-21(16)23(27)25-19-9-11-26(12-10-19)24(28)18-13-17-14-20(29-2)7-8-22(17)30-15-18/h3-8,14,18-19H,9-13,15H2,1-2H3,(H,25,27). The number of ether oxygens (including phenoxy) is 2. The van der Waals surface area contributed by atoms with E-state index in [1.54, 1.807) is 7.11 Å². The molecule has 2 aromatic carbocycles. The van der Waals surface area contributed by atoms with Crippen LogP contribution in [0.2, 0.25) is 0 Å². The van der Waals surface area contributed by atoms with Crippen LogP contribution in [0.25, 0.3) is 0 Å². The van der Waals surface area contributed by atoms with E-state index in [9.17, 15) is 9.59 Å². The number of carbonyl (C=O) groups is 2. The molecule has 158 valence electrons. The van der Waals surface area contributed by atoms with Gasteiger partial charge in [0.15, 0.2) is 0 Å². The number of nitrogens with one attached hydrogen (secondary N) is 1. The fourth-order valence-corrected chi connectivity index (χ4v) is 4.25. The first-order chi connectivity index (χ1) is 14.5. The molecule has 30 heavy (non-hydrogen) atoms. The lowest BCUT2D eigenvalue weighted by molar-refractivity contribution is -0.138. The van der Waals surface area contributed by atoms with Gasteiger partial charge >= 0.3 is 0 Å². The van der Waals surface area contributed by atoms with Gasteiger partial charge in [-0.1, -0.05) is 18.2 Å². The second-order valence-electron chi connectivity index (χ2n) is 8.07. The second kappa shape index (κ2) is 8.78. The zero-order valence-electron chi connectivity index (χ0n) is 17.5. The monoisotopic (exact) mass is 408 g/mol. The number of rotatable bonds is 4. The van der Waals surface area contributed by atoms with Crippen LogP contribution in [-0.2, 0) is 11.2 Å². The van der Waals surface area contributed by atoms with Crippen LogP contribution < -0.4 is 14.8 Å². The number of piperidine rings is 1. The van der Waals surface area contributed by atoms with Crippen molar-refractivity contribution < 1.29 is 19.1 Å². The van der Waals surface area contributed by atoms with E-state index in [4.69, 9.17) is 9.47 Å². The van der Waals surface area contributed by atoms with Crippen molar-refractivity contribution in [1.29, 1.82) is 0 Å². The summed E-state index contributed by atoms with van der Waals surface area (Å²) in [5, 5.41) is 3.13. The number of nitrogens with zero attached hydrogens (tertiary/aromatic N) is 1. The summed E-state index contributed by atoms with van der Waals surface area (Å²) in [6, 6.07) is 13.4. The zero-order valence-corrected chi connectivity index (χ0v) is 17.5. The lowest BCUT2D eigenvalue weighted by Gasteiger charge is -2.35. The highest BCUT2D eigenvalue weighted by Gasteiger charge is 2.32. The Morgan fingerprint density at radius 1 is 1.13 bits per heavy atom. The molecule has 0 bridgehead atoms. The molecule has 2 heterocycles. The van der Waals surface area contributed by atoms with E-state index in [0.717, 1.165) is 35.5 Å². The number of amides is 2. The molecule has 4 rings (SSSR count). The zero-order chi connectivity index (χ0) is 21.1. The van der Waals surface area contributed by atoms with Crippen LogP contribution in [0.3, 0.4) is 0 Å². The highest BCUT2D eigenvalue weighted by molar-refractivity contribution is 5.95. The van der Waals surface area contributed by atoms with Crippen LogP contribution in [-0.4, -0.2) is 49.6 Å². The Balaban J connectivity index is 1.31. The summed E-state index contributed by atoms with van der Waals surface area (Å²) >= 11 is 0. The SMILES string of the molecule is COc1ccc2c(c1)CC(C(=O)N1CCC(NC(=O)c3ccccc3C)CC1)CO2. The predicted octanol–water partition coefficient (Wildman–Crippen LogP) is 2.98. The van der Waals surface area contributed by atoms with Crippen molar-refractivity contribution in [3.8, 4) is 11.5 Å². The number of hydrogen-bond acceptors (Lipinski definition) is 4. The minimum Gasteiger partial charge on any atom is -0.497 e. The topological polar surface area (TPSA) is 67.9 Å². The molecule has 2 aromatic rings. The molecule has 2 aliphatic rings. The van der Waals surface area contributed by atoms with Crippen molar-refractivity contribution in [2.75, 3.05) is 26.8 Å². The lowest BCUT2D eigenvalue weighted by atomic mass is 9.94. The molecule has 6 nitrogen and oxygen atoms in total. The third-order valence-electron chi connectivity index (χ3n) is 6.05. The molecule has 0 radical (unpaired) electrons. The fraction of sp³-hybridized carbons (Fsp3) is 0.417. The molecule has 0 aromatic heterocycles. The summed E-state index contributed by atoms with van der Waals surface area (Å²) in [6.07, 6.45) is 2.19. The lowest BCUT2D eigenvalue weighted by Crippen LogP contribution is -2.49. The molecule has 1 N–H and O–H groups in total. The van der Waals surface area contributed by atoms with Gasteiger partial charge in [-0.2, -0.15) is 0 Å². The summed E-state index contributed by atoms with van der Waals surface area (Å²) in [6.45, 7) is 3.65. The Hall–Kier alpha value is -3.02. The molecule has 0 aliphatic carbocycles. The average molecular weight is 408 g/mol. The van der Waals surface area contributed by atoms with Crippen molar-refractivity contribution in [1.82, 2.24) is 10.2 Å². The van der Waals surface area contributed by atoms with Crippen LogP contribution in [0.5, 0.6) is 11.5 Å². The van der Waals surface area contributed by atoms with Crippen molar-refractivity contribution in [2.24, 2.45) is 5.92 Å². The second-order valence-corrected chi connectivity index (χ2v) is 8.07. The maximum absolute atomic E-state index is 13.0. The number of benzene rings is 2. The van der Waals surface area contributed by atoms with Crippen LogP contribution in [0.15, 0.2) is 42.5 Å². The molecule has 1 fully saturated rings. The number of likely N-dealkylation sites (tertiary alicyclic amines) is 1. The van der Waals surface area contributed by atoms with Crippen molar-refractivity contribution in [2.45, 2.75) is 32.2 Å². The Morgan fingerprint density at radius 2 is 1.90 bits per heavy atom. The van der Waals surface area contributed by atoms with Gasteiger partial charge in [-0.3, -0.25) is 9.59 Å². The first-order valence-corrected chi connectivity index (χ1v) is 10.5. The van der Waals surface area contributed by atoms with Gasteiger partial charge in [0.25, 0.3) is 5.91 Å². The van der Waals surface area contributed by atoms with Gasteiger partial charge in [0, 0.05) is 24.7 Å². The average Bonchev–Trinajstić information content (AvgIpc) is 2.78. The van der Waals surface area contributed by atoms with Crippen molar-refractivity contribution in [3.05, 3.63) is 59.2 Å². The first kappa shape index (κ1) is 20.3. The molecule has 1 atom stereocenters. The van der Waals surface area contributed by atoms with E-state index in [1.807, 2.05) is 54.3 Å². The number of fused-ring (bicyclic) bond motifs is 1. The predicted molar refractivity (Wildman–Crippen MR) is 114 cm³/mol. The van der Waals surface area contributed by atoms with Crippen LogP contribution >= 0.6 is 0 Å². The normalized spacial score (nSPS) is 18.9. The van der Waals surface area contributed by atoms with Crippen molar-refractivity contribution in [3.63, 3.8) is 0 Å². The molecule has 6 heteroatoms. The fourth-order valence-electron chi connectivity index (χ4n) is 4.25. The molecule has 1 saturated heterocycles. The Morgan fingerprint density at radius 3 is 2.63 bits per heavy atom. The maximum Gasteiger partial charge on any atom is 0.251 e. The summed E-state index contributed by atoms with van der Waals surface area (Å²) in [5.74, 6) is 1.52. The number of aryl methyl sites for hydroxylation is 1. The summed E-state index contributed by atoms with van der Waals surface area (Å²) in [5.41, 5.74) is 2.70. The number of carbonyl (C=O) groups excluding carboxylic acids is 2. The molecular formula is C24H28N2O4. The van der Waals surface area contributed by atoms with Gasteiger partial charge in [0.1, 0.15) is 18.1 Å². The highest BCUT2D eigenvalue weighted by Crippen LogP contribution is 2.31. The smallest absolute Gasteiger partial charge is 0.251 e. The molecular weight excluding hydrogens is 380 g/mol. The molecule has 2 aliphatic heterocycles. The number of methoxy groups -OCH3 is 1. The van der Waals surface area contributed by atoms with Gasteiger partial charge < -0.3 is 19.7 Å². The Kier molecular flexibility index (Phi) is 5.93. The number of hydrogen-bond donors (Lipinski definition) is 1. The van der Waals surface area contributed by atoms with Gasteiger partial charge in [-0.25, -0.2) is 0 Å². The Labute approximate surface area is 177 Å². The van der Waals surface area contributed by atoms with Gasteiger partial charge in [-0.05, 0) is 61.6 Å². The largest absolute Gasteiger partial charge is 0.497 e.